The van der Waals surface area contributed by atoms with E-state index in [-0.39, 0.29) is 22.8 Å². The molecular weight excluding hydrogens is 412 g/mol. The fraction of sp³-hybridized carbons (Fsp3) is 0.450. The highest BCUT2D eigenvalue weighted by Crippen LogP contribution is 2.27. The summed E-state index contributed by atoms with van der Waals surface area (Å²) in [7, 11) is -2.08. The van der Waals surface area contributed by atoms with Crippen molar-refractivity contribution < 1.29 is 23.1 Å². The molecule has 0 radical (unpaired) electrons. The van der Waals surface area contributed by atoms with Crippen LogP contribution in [0.4, 0.5) is 5.69 Å². The number of nitrogens with zero attached hydrogens (tertiary/aromatic N) is 2. The van der Waals surface area contributed by atoms with E-state index in [4.69, 9.17) is 4.74 Å². The van der Waals surface area contributed by atoms with Crippen molar-refractivity contribution in [3.05, 3.63) is 41.8 Å². The fourth-order valence-corrected chi connectivity index (χ4v) is 5.82. The number of anilines is 1. The zero-order chi connectivity index (χ0) is 21.0. The third kappa shape index (κ3) is 5.09. The second-order valence-electron chi connectivity index (χ2n) is 7.16. The number of sulfonamides is 1. The summed E-state index contributed by atoms with van der Waals surface area (Å²) in [4.78, 5) is 14.3. The maximum Gasteiger partial charge on any atom is 0.273 e. The molecule has 1 aromatic carbocycles. The van der Waals surface area contributed by atoms with Gasteiger partial charge in [-0.1, -0.05) is 6.07 Å². The molecule has 2 atom stereocenters. The van der Waals surface area contributed by atoms with Crippen molar-refractivity contribution in [3.8, 4) is 5.75 Å². The van der Waals surface area contributed by atoms with E-state index < -0.39 is 16.1 Å². The van der Waals surface area contributed by atoms with Crippen molar-refractivity contribution in [1.29, 1.82) is 0 Å². The van der Waals surface area contributed by atoms with E-state index >= 15 is 0 Å². The van der Waals surface area contributed by atoms with Crippen LogP contribution >= 0.6 is 11.3 Å². The zero-order valence-electron chi connectivity index (χ0n) is 16.5. The lowest BCUT2D eigenvalue weighted by atomic mass is 10.1. The highest BCUT2D eigenvalue weighted by Gasteiger charge is 2.29. The zero-order valence-corrected chi connectivity index (χ0v) is 18.2. The van der Waals surface area contributed by atoms with Gasteiger partial charge in [0.15, 0.2) is 6.61 Å². The lowest BCUT2D eigenvalue weighted by Gasteiger charge is -2.25. The monoisotopic (exact) mass is 438 g/mol. The molecule has 1 saturated heterocycles. The van der Waals surface area contributed by atoms with E-state index in [1.165, 1.54) is 22.7 Å². The number of aliphatic hydroxyl groups is 1. The Kier molecular flexibility index (Phi) is 6.81. The number of rotatable bonds is 8. The molecule has 0 aliphatic carbocycles. The van der Waals surface area contributed by atoms with Crippen LogP contribution < -0.4 is 9.04 Å². The Labute approximate surface area is 175 Å². The van der Waals surface area contributed by atoms with Crippen LogP contribution in [0.25, 0.3) is 0 Å². The van der Waals surface area contributed by atoms with E-state index in [0.29, 0.717) is 24.4 Å². The van der Waals surface area contributed by atoms with Crippen LogP contribution in [0.1, 0.15) is 26.2 Å². The predicted molar refractivity (Wildman–Crippen MR) is 113 cm³/mol. The van der Waals surface area contributed by atoms with E-state index in [1.807, 2.05) is 0 Å². The molecule has 158 valence electrons. The number of thiophene rings is 1. The Bertz CT molecular complexity index is 911. The first-order valence-electron chi connectivity index (χ1n) is 9.52. The van der Waals surface area contributed by atoms with Gasteiger partial charge in [0, 0.05) is 19.6 Å². The summed E-state index contributed by atoms with van der Waals surface area (Å²) < 4.78 is 32.3. The van der Waals surface area contributed by atoms with Crippen molar-refractivity contribution >= 4 is 33.0 Å². The molecule has 1 amide bonds. The van der Waals surface area contributed by atoms with Gasteiger partial charge < -0.3 is 14.7 Å². The standard InChI is InChI=1S/C20H26N2O5S2/c1-15(23)13-17-5-3-11-22(17)19(24)14-27-18-9-7-16(8-10-18)21(2)29(25,26)20-6-4-12-28-20/h4,6-10,12,15,17,23H,3,5,11,13-14H2,1-2H3/t15-,17-/m1/s1. The van der Waals surface area contributed by atoms with Crippen LogP contribution in [-0.4, -0.2) is 56.7 Å². The Balaban J connectivity index is 1.59. The highest BCUT2D eigenvalue weighted by molar-refractivity contribution is 7.94. The van der Waals surface area contributed by atoms with Crippen LogP contribution in [0.3, 0.4) is 0 Å². The van der Waals surface area contributed by atoms with Crippen molar-refractivity contribution in [2.45, 2.75) is 42.5 Å². The lowest BCUT2D eigenvalue weighted by Crippen LogP contribution is -2.40. The first-order valence-corrected chi connectivity index (χ1v) is 11.8. The first-order chi connectivity index (χ1) is 13.8. The molecule has 0 unspecified atom stereocenters. The number of aliphatic hydroxyl groups excluding tert-OH is 1. The molecule has 3 rings (SSSR count). The van der Waals surface area contributed by atoms with Gasteiger partial charge in [-0.3, -0.25) is 9.10 Å². The Morgan fingerprint density at radius 1 is 1.34 bits per heavy atom. The minimum absolute atomic E-state index is 0.0598. The molecular formula is C20H26N2O5S2. The van der Waals surface area contributed by atoms with Gasteiger partial charge in [-0.2, -0.15) is 0 Å². The van der Waals surface area contributed by atoms with Gasteiger partial charge >= 0.3 is 0 Å². The van der Waals surface area contributed by atoms with Crippen LogP contribution in [0, 0.1) is 0 Å². The second kappa shape index (κ2) is 9.15. The maximum atomic E-state index is 12.6. The molecule has 2 heterocycles. The number of hydrogen-bond acceptors (Lipinski definition) is 6. The number of likely N-dealkylation sites (tertiary alicyclic amines) is 1. The summed E-state index contributed by atoms with van der Waals surface area (Å²) in [6, 6.07) is 9.94. The molecule has 1 fully saturated rings. The number of ether oxygens (including phenoxy) is 1. The number of carbonyl (C=O) groups is 1. The molecule has 29 heavy (non-hydrogen) atoms. The van der Waals surface area contributed by atoms with Gasteiger partial charge in [0.2, 0.25) is 0 Å². The summed E-state index contributed by atoms with van der Waals surface area (Å²) in [5.74, 6) is 0.393. The Morgan fingerprint density at radius 2 is 2.07 bits per heavy atom. The van der Waals surface area contributed by atoms with Crippen LogP contribution in [0.5, 0.6) is 5.75 Å². The number of carbonyl (C=O) groups excluding carboxylic acids is 1. The van der Waals surface area contributed by atoms with Gasteiger partial charge in [0.1, 0.15) is 9.96 Å². The topological polar surface area (TPSA) is 87.2 Å². The average molecular weight is 439 g/mol. The largest absolute Gasteiger partial charge is 0.484 e. The summed E-state index contributed by atoms with van der Waals surface area (Å²) in [5, 5.41) is 11.3. The normalized spacial score (nSPS) is 17.9. The Morgan fingerprint density at radius 3 is 2.69 bits per heavy atom. The number of hydrogen-bond donors (Lipinski definition) is 1. The molecule has 0 saturated carbocycles. The van der Waals surface area contributed by atoms with Crippen molar-refractivity contribution in [1.82, 2.24) is 4.90 Å². The molecule has 1 aliphatic heterocycles. The summed E-state index contributed by atoms with van der Waals surface area (Å²) in [6.45, 7) is 2.33. The van der Waals surface area contributed by atoms with Gasteiger partial charge in [-0.05, 0) is 61.9 Å². The molecule has 2 aromatic rings. The smallest absolute Gasteiger partial charge is 0.273 e. The van der Waals surface area contributed by atoms with Gasteiger partial charge in [0.05, 0.1) is 11.8 Å². The quantitative estimate of drug-likeness (QED) is 0.685. The third-order valence-corrected chi connectivity index (χ3v) is 8.14. The highest BCUT2D eigenvalue weighted by atomic mass is 32.2. The van der Waals surface area contributed by atoms with Crippen LogP contribution in [0.2, 0.25) is 0 Å². The van der Waals surface area contributed by atoms with E-state index in [9.17, 15) is 18.3 Å². The number of benzene rings is 1. The third-order valence-electron chi connectivity index (χ3n) is 4.98. The van der Waals surface area contributed by atoms with Crippen molar-refractivity contribution in [2.24, 2.45) is 0 Å². The summed E-state index contributed by atoms with van der Waals surface area (Å²) in [5.41, 5.74) is 0.508. The van der Waals surface area contributed by atoms with E-state index in [2.05, 4.69) is 0 Å². The molecule has 7 nitrogen and oxygen atoms in total. The lowest BCUT2D eigenvalue weighted by molar-refractivity contribution is -0.134. The van der Waals surface area contributed by atoms with E-state index in [1.54, 1.807) is 53.6 Å². The SMILES string of the molecule is C[C@@H](O)C[C@H]1CCCN1C(=O)COc1ccc(N(C)S(=O)(=O)c2cccs2)cc1. The van der Waals surface area contributed by atoms with E-state index in [0.717, 1.165) is 12.8 Å². The summed E-state index contributed by atoms with van der Waals surface area (Å²) in [6.07, 6.45) is 1.97. The van der Waals surface area contributed by atoms with Crippen LogP contribution in [0.15, 0.2) is 46.0 Å². The molecule has 1 N–H and O–H groups in total. The number of amides is 1. The first kappa shape index (κ1) is 21.6. The average Bonchev–Trinajstić information content (AvgIpc) is 3.38. The Hall–Kier alpha value is -2.10. The van der Waals surface area contributed by atoms with Gasteiger partial charge in [-0.25, -0.2) is 8.42 Å². The minimum atomic E-state index is -3.58. The van der Waals surface area contributed by atoms with Crippen LogP contribution in [-0.2, 0) is 14.8 Å². The fourth-order valence-electron chi connectivity index (χ4n) is 3.47. The van der Waals surface area contributed by atoms with Crippen molar-refractivity contribution in [2.75, 3.05) is 24.5 Å². The molecule has 0 spiro atoms. The molecule has 1 aromatic heterocycles. The van der Waals surface area contributed by atoms with Crippen molar-refractivity contribution in [3.63, 3.8) is 0 Å². The second-order valence-corrected chi connectivity index (χ2v) is 10.3. The molecule has 0 bridgehead atoms. The van der Waals surface area contributed by atoms with Gasteiger partial charge in [0.25, 0.3) is 15.9 Å². The van der Waals surface area contributed by atoms with Gasteiger partial charge in [-0.15, -0.1) is 11.3 Å². The maximum absolute atomic E-state index is 12.6. The summed E-state index contributed by atoms with van der Waals surface area (Å²) >= 11 is 1.17. The molecule has 1 aliphatic rings. The minimum Gasteiger partial charge on any atom is -0.484 e. The molecule has 9 heteroatoms. The predicted octanol–water partition coefficient (Wildman–Crippen LogP) is 2.71.